The molecule has 22 heavy (non-hydrogen) atoms. The van der Waals surface area contributed by atoms with Gasteiger partial charge in [0.25, 0.3) is 6.02 Å². The number of aliphatic imine (C=N–C) groups is 1. The van der Waals surface area contributed by atoms with Crippen LogP contribution >= 0.6 is 0 Å². The van der Waals surface area contributed by atoms with Crippen molar-refractivity contribution in [3.8, 4) is 0 Å². The Bertz CT molecular complexity index is 671. The summed E-state index contributed by atoms with van der Waals surface area (Å²) in [5.41, 5.74) is 7.81. The van der Waals surface area contributed by atoms with E-state index in [0.717, 1.165) is 11.3 Å². The van der Waals surface area contributed by atoms with Crippen LogP contribution in [0.3, 0.4) is 0 Å². The van der Waals surface area contributed by atoms with Gasteiger partial charge in [-0.05, 0) is 29.8 Å². The Morgan fingerprint density at radius 3 is 2.45 bits per heavy atom. The highest BCUT2D eigenvalue weighted by Crippen LogP contribution is 2.24. The molecule has 1 aliphatic rings. The number of rotatable bonds is 4. The molecule has 0 fully saturated rings. The highest BCUT2D eigenvalue weighted by molar-refractivity contribution is 5.73. The van der Waals surface area contributed by atoms with Crippen molar-refractivity contribution < 1.29 is 14.2 Å². The first-order valence-corrected chi connectivity index (χ1v) is 6.88. The molecule has 6 heteroatoms. The number of anilines is 1. The van der Waals surface area contributed by atoms with Crippen molar-refractivity contribution in [2.45, 2.75) is 12.3 Å². The molecule has 0 aliphatic carbocycles. The van der Waals surface area contributed by atoms with Crippen LogP contribution in [-0.2, 0) is 4.74 Å². The number of aliphatic hydroxyl groups is 1. The van der Waals surface area contributed by atoms with E-state index in [0.29, 0.717) is 12.2 Å². The van der Waals surface area contributed by atoms with Crippen LogP contribution in [0.1, 0.15) is 23.4 Å². The maximum atomic E-state index is 12.9. The zero-order valence-electron chi connectivity index (χ0n) is 11.7. The van der Waals surface area contributed by atoms with Gasteiger partial charge in [0.1, 0.15) is 18.5 Å². The predicted octanol–water partition coefficient (Wildman–Crippen LogP) is 2.31. The molecule has 1 aliphatic heterocycles. The van der Waals surface area contributed by atoms with Gasteiger partial charge in [-0.15, -0.1) is 0 Å². The van der Waals surface area contributed by atoms with Gasteiger partial charge >= 0.3 is 0 Å². The standard InChI is InChI=1S/C16H16FN3O2/c17-12-5-1-11(2-6-12)15(21)19-13-7-3-10(4-8-13)14-9-22-16(18)20-14/h1-8,14-15,19,21H,9H2,(H2,18,20). The predicted molar refractivity (Wildman–Crippen MR) is 81.7 cm³/mol. The van der Waals surface area contributed by atoms with Crippen LogP contribution in [-0.4, -0.2) is 17.7 Å². The van der Waals surface area contributed by atoms with Crippen molar-refractivity contribution in [2.75, 3.05) is 11.9 Å². The molecule has 1 heterocycles. The third-order valence-corrected chi connectivity index (χ3v) is 3.46. The topological polar surface area (TPSA) is 79.9 Å². The average Bonchev–Trinajstić information content (AvgIpc) is 2.95. The van der Waals surface area contributed by atoms with E-state index in [2.05, 4.69) is 10.3 Å². The van der Waals surface area contributed by atoms with Crippen LogP contribution in [0.5, 0.6) is 0 Å². The Morgan fingerprint density at radius 2 is 1.86 bits per heavy atom. The minimum Gasteiger partial charge on any atom is -0.463 e. The lowest BCUT2D eigenvalue weighted by molar-refractivity contribution is 0.208. The van der Waals surface area contributed by atoms with E-state index in [-0.39, 0.29) is 17.9 Å². The second-order valence-corrected chi connectivity index (χ2v) is 5.01. The first-order chi connectivity index (χ1) is 10.6. The maximum absolute atomic E-state index is 12.9. The van der Waals surface area contributed by atoms with Crippen LogP contribution in [0.4, 0.5) is 10.1 Å². The van der Waals surface area contributed by atoms with Gasteiger partial charge < -0.3 is 20.9 Å². The number of amidine groups is 1. The highest BCUT2D eigenvalue weighted by atomic mass is 19.1. The molecule has 0 amide bonds. The normalized spacial score (nSPS) is 18.5. The number of hydrogen-bond donors (Lipinski definition) is 3. The second-order valence-electron chi connectivity index (χ2n) is 5.01. The third kappa shape index (κ3) is 3.17. The van der Waals surface area contributed by atoms with Crippen molar-refractivity contribution >= 4 is 11.7 Å². The van der Waals surface area contributed by atoms with Crippen molar-refractivity contribution in [3.63, 3.8) is 0 Å². The van der Waals surface area contributed by atoms with E-state index in [4.69, 9.17) is 10.5 Å². The number of aliphatic hydroxyl groups excluding tert-OH is 1. The zero-order chi connectivity index (χ0) is 15.5. The number of halogens is 1. The van der Waals surface area contributed by atoms with Crippen LogP contribution in [0, 0.1) is 5.82 Å². The summed E-state index contributed by atoms with van der Waals surface area (Å²) < 4.78 is 18.0. The van der Waals surface area contributed by atoms with Crippen molar-refractivity contribution in [3.05, 3.63) is 65.5 Å². The Hall–Kier alpha value is -2.60. The van der Waals surface area contributed by atoms with E-state index in [1.54, 1.807) is 0 Å². The van der Waals surface area contributed by atoms with Crippen molar-refractivity contribution in [1.82, 2.24) is 0 Å². The summed E-state index contributed by atoms with van der Waals surface area (Å²) in [6.07, 6.45) is -0.907. The number of benzene rings is 2. The van der Waals surface area contributed by atoms with E-state index >= 15 is 0 Å². The summed E-state index contributed by atoms with van der Waals surface area (Å²) in [6.45, 7) is 0.441. The summed E-state index contributed by atoms with van der Waals surface area (Å²) in [5.74, 6) is -0.334. The molecule has 0 saturated carbocycles. The van der Waals surface area contributed by atoms with Gasteiger partial charge in [-0.2, -0.15) is 0 Å². The molecule has 0 bridgehead atoms. The number of hydrogen-bond acceptors (Lipinski definition) is 5. The van der Waals surface area contributed by atoms with Gasteiger partial charge in [0, 0.05) is 11.3 Å². The SMILES string of the molecule is NC1=NC(c2ccc(NC(O)c3ccc(F)cc3)cc2)CO1. The molecular weight excluding hydrogens is 285 g/mol. The molecule has 2 unspecified atom stereocenters. The largest absolute Gasteiger partial charge is 0.463 e. The summed E-state index contributed by atoms with van der Waals surface area (Å²) >= 11 is 0. The van der Waals surface area contributed by atoms with Gasteiger partial charge in [-0.25, -0.2) is 9.38 Å². The van der Waals surface area contributed by atoms with Gasteiger partial charge in [0.15, 0.2) is 6.23 Å². The average molecular weight is 301 g/mol. The van der Waals surface area contributed by atoms with E-state index in [1.165, 1.54) is 24.3 Å². The molecule has 0 saturated heterocycles. The lowest BCUT2D eigenvalue weighted by Crippen LogP contribution is -2.10. The van der Waals surface area contributed by atoms with Crippen molar-refractivity contribution in [1.29, 1.82) is 0 Å². The molecule has 4 N–H and O–H groups in total. The van der Waals surface area contributed by atoms with Gasteiger partial charge in [-0.1, -0.05) is 24.3 Å². The Kier molecular flexibility index (Phi) is 3.93. The molecule has 3 rings (SSSR count). The van der Waals surface area contributed by atoms with Gasteiger partial charge in [0.05, 0.1) is 0 Å². The fourth-order valence-electron chi connectivity index (χ4n) is 2.25. The van der Waals surface area contributed by atoms with E-state index < -0.39 is 6.23 Å². The Balaban J connectivity index is 1.67. The molecule has 2 atom stereocenters. The lowest BCUT2D eigenvalue weighted by Gasteiger charge is -2.15. The maximum Gasteiger partial charge on any atom is 0.282 e. The van der Waals surface area contributed by atoms with Crippen LogP contribution < -0.4 is 11.1 Å². The molecule has 0 radical (unpaired) electrons. The smallest absolute Gasteiger partial charge is 0.282 e. The molecular formula is C16H16FN3O2. The number of nitrogens with one attached hydrogen (secondary N) is 1. The van der Waals surface area contributed by atoms with Crippen molar-refractivity contribution in [2.24, 2.45) is 10.7 Å². The first-order valence-electron chi connectivity index (χ1n) is 6.88. The summed E-state index contributed by atoms with van der Waals surface area (Å²) in [5, 5.41) is 13.0. The summed E-state index contributed by atoms with van der Waals surface area (Å²) in [7, 11) is 0. The fourth-order valence-corrected chi connectivity index (χ4v) is 2.25. The molecule has 5 nitrogen and oxygen atoms in total. The quantitative estimate of drug-likeness (QED) is 0.757. The Morgan fingerprint density at radius 1 is 1.18 bits per heavy atom. The number of nitrogens with two attached hydrogens (primary N) is 1. The van der Waals surface area contributed by atoms with E-state index in [1.807, 2.05) is 24.3 Å². The molecule has 2 aromatic rings. The number of nitrogens with zero attached hydrogens (tertiary/aromatic N) is 1. The number of ether oxygens (including phenoxy) is 1. The minimum atomic E-state index is -0.907. The molecule has 0 spiro atoms. The minimum absolute atomic E-state index is 0.0870. The van der Waals surface area contributed by atoms with Crippen LogP contribution in [0.25, 0.3) is 0 Å². The van der Waals surface area contributed by atoms with Crippen LogP contribution in [0.15, 0.2) is 53.5 Å². The molecule has 0 aromatic heterocycles. The first kappa shape index (κ1) is 14.3. The lowest BCUT2D eigenvalue weighted by atomic mass is 10.1. The van der Waals surface area contributed by atoms with Gasteiger partial charge in [0.2, 0.25) is 0 Å². The zero-order valence-corrected chi connectivity index (χ0v) is 11.7. The third-order valence-electron chi connectivity index (χ3n) is 3.46. The molecule has 2 aromatic carbocycles. The monoisotopic (exact) mass is 301 g/mol. The second kappa shape index (κ2) is 6.03. The highest BCUT2D eigenvalue weighted by Gasteiger charge is 2.18. The fraction of sp³-hybridized carbons (Fsp3) is 0.188. The summed E-state index contributed by atoms with van der Waals surface area (Å²) in [6, 6.07) is 13.3. The van der Waals surface area contributed by atoms with E-state index in [9.17, 15) is 9.50 Å². The summed E-state index contributed by atoms with van der Waals surface area (Å²) in [4.78, 5) is 4.17. The Labute approximate surface area is 127 Å². The van der Waals surface area contributed by atoms with Crippen LogP contribution in [0.2, 0.25) is 0 Å². The molecule has 114 valence electrons. The van der Waals surface area contributed by atoms with Gasteiger partial charge in [-0.3, -0.25) is 0 Å².